The second-order valence-electron chi connectivity index (χ2n) is 4.42. The van der Waals surface area contributed by atoms with Crippen molar-refractivity contribution >= 4 is 11.6 Å². The molecule has 0 amide bonds. The lowest BCUT2D eigenvalue weighted by atomic mass is 10.00. The number of alkyl halides is 2. The lowest BCUT2D eigenvalue weighted by Gasteiger charge is -2.12. The van der Waals surface area contributed by atoms with E-state index in [0.717, 1.165) is 0 Å². The van der Waals surface area contributed by atoms with Gasteiger partial charge in [-0.25, -0.2) is 13.2 Å². The van der Waals surface area contributed by atoms with E-state index in [9.17, 15) is 18.3 Å². The minimum Gasteiger partial charge on any atom is -0.388 e. The highest BCUT2D eigenvalue weighted by Crippen LogP contribution is 2.24. The van der Waals surface area contributed by atoms with Crippen LogP contribution in [0.5, 0.6) is 0 Å². The summed E-state index contributed by atoms with van der Waals surface area (Å²) >= 11 is 5.64. The van der Waals surface area contributed by atoms with E-state index in [0.29, 0.717) is 11.1 Å². The average molecular weight is 301 g/mol. The van der Waals surface area contributed by atoms with Gasteiger partial charge in [0.1, 0.15) is 5.82 Å². The van der Waals surface area contributed by atoms with Gasteiger partial charge in [-0.3, -0.25) is 0 Å². The fraction of sp³-hybridized carbons (Fsp3) is 0.200. The third-order valence-electron chi connectivity index (χ3n) is 3.00. The Kier molecular flexibility index (Phi) is 4.68. The molecular weight excluding hydrogens is 289 g/mol. The second kappa shape index (κ2) is 6.29. The summed E-state index contributed by atoms with van der Waals surface area (Å²) in [5.41, 5.74) is 0.669. The first-order valence-corrected chi connectivity index (χ1v) is 6.35. The van der Waals surface area contributed by atoms with Gasteiger partial charge in [-0.05, 0) is 23.3 Å². The van der Waals surface area contributed by atoms with Gasteiger partial charge in [-0.15, -0.1) is 0 Å². The normalized spacial score (nSPS) is 12.7. The summed E-state index contributed by atoms with van der Waals surface area (Å²) in [6, 6.07) is 9.54. The molecule has 0 radical (unpaired) electrons. The molecular formula is C15H12ClF3O. The van der Waals surface area contributed by atoms with Gasteiger partial charge in [-0.2, -0.15) is 0 Å². The van der Waals surface area contributed by atoms with Gasteiger partial charge >= 0.3 is 0 Å². The number of rotatable bonds is 4. The van der Waals surface area contributed by atoms with Crippen LogP contribution in [0.1, 0.15) is 29.2 Å². The van der Waals surface area contributed by atoms with Crippen molar-refractivity contribution in [1.29, 1.82) is 0 Å². The molecule has 106 valence electrons. The monoisotopic (exact) mass is 300 g/mol. The van der Waals surface area contributed by atoms with Crippen LogP contribution in [0.25, 0.3) is 0 Å². The van der Waals surface area contributed by atoms with Crippen LogP contribution < -0.4 is 0 Å². The predicted molar refractivity (Wildman–Crippen MR) is 71.5 cm³/mol. The molecule has 1 N–H and O–H groups in total. The Bertz CT molecular complexity index is 584. The van der Waals surface area contributed by atoms with Crippen molar-refractivity contribution in [1.82, 2.24) is 0 Å². The summed E-state index contributed by atoms with van der Waals surface area (Å²) in [6.07, 6.45) is -3.45. The van der Waals surface area contributed by atoms with E-state index in [1.165, 1.54) is 42.5 Å². The first kappa shape index (κ1) is 14.9. The molecule has 0 aliphatic rings. The van der Waals surface area contributed by atoms with Gasteiger partial charge in [0.05, 0.1) is 6.10 Å². The molecule has 0 aliphatic carbocycles. The number of hydrogen-bond donors (Lipinski definition) is 1. The zero-order valence-electron chi connectivity index (χ0n) is 10.4. The number of aliphatic hydroxyl groups is 1. The van der Waals surface area contributed by atoms with E-state index in [1.54, 1.807) is 0 Å². The third kappa shape index (κ3) is 3.52. The molecule has 1 nitrogen and oxygen atoms in total. The summed E-state index contributed by atoms with van der Waals surface area (Å²) < 4.78 is 38.4. The minimum absolute atomic E-state index is 0.0526. The molecule has 0 saturated heterocycles. The Hall–Kier alpha value is -1.52. The third-order valence-corrected chi connectivity index (χ3v) is 3.24. The van der Waals surface area contributed by atoms with Gasteiger partial charge in [0.15, 0.2) is 0 Å². The Morgan fingerprint density at radius 1 is 1.00 bits per heavy atom. The van der Waals surface area contributed by atoms with Gasteiger partial charge < -0.3 is 5.11 Å². The molecule has 2 rings (SSSR count). The smallest absolute Gasteiger partial charge is 0.263 e. The van der Waals surface area contributed by atoms with Crippen molar-refractivity contribution in [2.45, 2.75) is 19.0 Å². The lowest BCUT2D eigenvalue weighted by Crippen LogP contribution is -2.03. The average Bonchev–Trinajstić information content (AvgIpc) is 2.42. The molecule has 0 fully saturated rings. The molecule has 1 atom stereocenters. The summed E-state index contributed by atoms with van der Waals surface area (Å²) in [5, 5.41) is 10.3. The van der Waals surface area contributed by atoms with E-state index in [1.807, 2.05) is 0 Å². The Morgan fingerprint density at radius 3 is 2.15 bits per heavy atom. The van der Waals surface area contributed by atoms with Crippen LogP contribution in [0, 0.1) is 5.82 Å². The molecule has 0 spiro atoms. The highest BCUT2D eigenvalue weighted by molar-refractivity contribution is 6.30. The first-order chi connectivity index (χ1) is 9.47. The van der Waals surface area contributed by atoms with Crippen LogP contribution in [0.2, 0.25) is 5.02 Å². The number of halogens is 4. The van der Waals surface area contributed by atoms with Crippen molar-refractivity contribution in [3.05, 3.63) is 70.0 Å². The topological polar surface area (TPSA) is 20.2 Å². The minimum atomic E-state index is -2.55. The first-order valence-electron chi connectivity index (χ1n) is 5.97. The highest BCUT2D eigenvalue weighted by Gasteiger charge is 2.13. The maximum absolute atomic E-state index is 13.6. The van der Waals surface area contributed by atoms with E-state index >= 15 is 0 Å². The van der Waals surface area contributed by atoms with Crippen LogP contribution in [0.3, 0.4) is 0 Å². The van der Waals surface area contributed by atoms with E-state index in [4.69, 9.17) is 11.6 Å². The summed E-state index contributed by atoms with van der Waals surface area (Å²) in [5.74, 6) is -0.499. The standard InChI is InChI=1S/C15H12ClF3O/c16-12-6-5-11(13(17)8-12)7-14(20)9-1-3-10(4-2-9)15(18)19/h1-6,8,14-15,20H,7H2. The summed E-state index contributed by atoms with van der Waals surface area (Å²) in [4.78, 5) is 0. The van der Waals surface area contributed by atoms with Gasteiger partial charge in [-0.1, -0.05) is 41.9 Å². The number of benzene rings is 2. The molecule has 0 saturated carbocycles. The zero-order valence-corrected chi connectivity index (χ0v) is 11.1. The molecule has 1 unspecified atom stereocenters. The van der Waals surface area contributed by atoms with Crippen LogP contribution in [0.15, 0.2) is 42.5 Å². The molecule has 2 aromatic rings. The van der Waals surface area contributed by atoms with Gasteiger partial charge in [0, 0.05) is 17.0 Å². The quantitative estimate of drug-likeness (QED) is 0.868. The van der Waals surface area contributed by atoms with Crippen molar-refractivity contribution < 1.29 is 18.3 Å². The maximum atomic E-state index is 13.6. The number of aliphatic hydroxyl groups excluding tert-OH is 1. The highest BCUT2D eigenvalue weighted by atomic mass is 35.5. The lowest BCUT2D eigenvalue weighted by molar-refractivity contribution is 0.151. The Balaban J connectivity index is 2.13. The van der Waals surface area contributed by atoms with Crippen molar-refractivity contribution in [2.75, 3.05) is 0 Å². The van der Waals surface area contributed by atoms with E-state index in [-0.39, 0.29) is 17.0 Å². The molecule has 0 aliphatic heterocycles. The van der Waals surface area contributed by atoms with Gasteiger partial charge in [0.25, 0.3) is 6.43 Å². The predicted octanol–water partition coefficient (Wildman–Crippen LogP) is 4.69. The molecule has 20 heavy (non-hydrogen) atoms. The Morgan fingerprint density at radius 2 is 1.60 bits per heavy atom. The maximum Gasteiger partial charge on any atom is 0.263 e. The van der Waals surface area contributed by atoms with Crippen molar-refractivity contribution in [2.24, 2.45) is 0 Å². The van der Waals surface area contributed by atoms with Crippen molar-refractivity contribution in [3.63, 3.8) is 0 Å². The van der Waals surface area contributed by atoms with Gasteiger partial charge in [0.2, 0.25) is 0 Å². The molecule has 0 bridgehead atoms. The SMILES string of the molecule is OC(Cc1ccc(Cl)cc1F)c1ccc(C(F)F)cc1. The van der Waals surface area contributed by atoms with Crippen LogP contribution in [0.4, 0.5) is 13.2 Å². The summed E-state index contributed by atoms with van der Waals surface area (Å²) in [7, 11) is 0. The Labute approximate surface area is 119 Å². The fourth-order valence-corrected chi connectivity index (χ4v) is 2.04. The van der Waals surface area contributed by atoms with Crippen LogP contribution in [-0.4, -0.2) is 5.11 Å². The summed E-state index contributed by atoms with van der Waals surface area (Å²) in [6.45, 7) is 0. The zero-order chi connectivity index (χ0) is 14.7. The van der Waals surface area contributed by atoms with Crippen molar-refractivity contribution in [3.8, 4) is 0 Å². The largest absolute Gasteiger partial charge is 0.388 e. The fourth-order valence-electron chi connectivity index (χ4n) is 1.88. The molecule has 2 aromatic carbocycles. The second-order valence-corrected chi connectivity index (χ2v) is 4.86. The van der Waals surface area contributed by atoms with E-state index in [2.05, 4.69) is 0 Å². The van der Waals surface area contributed by atoms with Crippen LogP contribution >= 0.6 is 11.6 Å². The molecule has 0 aromatic heterocycles. The molecule has 5 heteroatoms. The number of hydrogen-bond acceptors (Lipinski definition) is 1. The van der Waals surface area contributed by atoms with E-state index < -0.39 is 18.3 Å². The molecule has 0 heterocycles. The van der Waals surface area contributed by atoms with Crippen LogP contribution in [-0.2, 0) is 6.42 Å².